The molecule has 0 radical (unpaired) electrons. The van der Waals surface area contributed by atoms with Gasteiger partial charge >= 0.3 is 0 Å². The number of nitrogens with one attached hydrogen (secondary N) is 2. The molecule has 6 nitrogen and oxygen atoms in total. The van der Waals surface area contributed by atoms with Crippen LogP contribution in [0.15, 0.2) is 47.8 Å². The third-order valence-electron chi connectivity index (χ3n) is 5.23. The first-order chi connectivity index (χ1) is 14.0. The molecule has 2 N–H and O–H groups in total. The molecule has 2 amide bonds. The Hall–Kier alpha value is -2.22. The van der Waals surface area contributed by atoms with Gasteiger partial charge in [-0.15, -0.1) is 11.3 Å². The first-order valence-electron chi connectivity index (χ1n) is 10.1. The zero-order valence-electron chi connectivity index (χ0n) is 17.1. The molecule has 1 aliphatic rings. The van der Waals surface area contributed by atoms with Crippen molar-refractivity contribution in [3.8, 4) is 0 Å². The Bertz CT molecular complexity index is 773. The number of carbonyl (C=O) groups excluding carboxylic acids is 2. The summed E-state index contributed by atoms with van der Waals surface area (Å²) in [5.74, 6) is -0.187. The van der Waals surface area contributed by atoms with E-state index in [-0.39, 0.29) is 30.3 Å². The molecule has 0 spiro atoms. The van der Waals surface area contributed by atoms with Gasteiger partial charge in [-0.3, -0.25) is 14.5 Å². The van der Waals surface area contributed by atoms with Crippen LogP contribution < -0.4 is 10.6 Å². The number of piperazine rings is 1. The Labute approximate surface area is 176 Å². The molecule has 3 rings (SSSR count). The van der Waals surface area contributed by atoms with Gasteiger partial charge in [0, 0.05) is 44.5 Å². The smallest absolute Gasteiger partial charge is 0.222 e. The third kappa shape index (κ3) is 6.66. The van der Waals surface area contributed by atoms with Gasteiger partial charge in [-0.25, -0.2) is 0 Å². The molecule has 2 heterocycles. The SMILES string of the molecule is CC(=O)NC(CC(=O)NC(CN1CCN(C)CC1)c1ccccc1)c1cccs1. The van der Waals surface area contributed by atoms with Crippen LogP contribution in [-0.4, -0.2) is 61.4 Å². The van der Waals surface area contributed by atoms with Gasteiger partial charge in [0.1, 0.15) is 0 Å². The zero-order valence-corrected chi connectivity index (χ0v) is 18.0. The van der Waals surface area contributed by atoms with Crippen LogP contribution in [0.25, 0.3) is 0 Å². The summed E-state index contributed by atoms with van der Waals surface area (Å²) in [5, 5.41) is 8.08. The average molecular weight is 415 g/mol. The van der Waals surface area contributed by atoms with Crippen molar-refractivity contribution in [3.05, 3.63) is 58.3 Å². The van der Waals surface area contributed by atoms with E-state index in [0.29, 0.717) is 0 Å². The molecular formula is C22H30N4O2S. The van der Waals surface area contributed by atoms with Crippen molar-refractivity contribution in [2.75, 3.05) is 39.8 Å². The highest BCUT2D eigenvalue weighted by Crippen LogP contribution is 2.23. The maximum absolute atomic E-state index is 12.9. The Morgan fingerprint density at radius 2 is 1.72 bits per heavy atom. The van der Waals surface area contributed by atoms with Crippen molar-refractivity contribution in [2.24, 2.45) is 0 Å². The van der Waals surface area contributed by atoms with E-state index in [1.807, 2.05) is 35.7 Å². The van der Waals surface area contributed by atoms with Crippen molar-refractivity contribution in [1.82, 2.24) is 20.4 Å². The van der Waals surface area contributed by atoms with Crippen molar-refractivity contribution in [2.45, 2.75) is 25.4 Å². The summed E-state index contributed by atoms with van der Waals surface area (Å²) in [6, 6.07) is 13.6. The van der Waals surface area contributed by atoms with E-state index >= 15 is 0 Å². The fourth-order valence-corrected chi connectivity index (χ4v) is 4.38. The van der Waals surface area contributed by atoms with E-state index in [1.54, 1.807) is 11.3 Å². The standard InChI is InChI=1S/C22H30N4O2S/c1-17(27)23-19(21-9-6-14-29-21)15-22(28)24-20(18-7-4-3-5-8-18)16-26-12-10-25(2)11-13-26/h3-9,14,19-20H,10-13,15-16H2,1-2H3,(H,23,27)(H,24,28). The van der Waals surface area contributed by atoms with E-state index in [9.17, 15) is 9.59 Å². The molecule has 1 saturated heterocycles. The van der Waals surface area contributed by atoms with Crippen LogP contribution in [0.5, 0.6) is 0 Å². The molecule has 1 aromatic carbocycles. The van der Waals surface area contributed by atoms with E-state index in [2.05, 4.69) is 39.6 Å². The van der Waals surface area contributed by atoms with Crippen molar-refractivity contribution in [3.63, 3.8) is 0 Å². The van der Waals surface area contributed by atoms with Crippen molar-refractivity contribution >= 4 is 23.2 Å². The van der Waals surface area contributed by atoms with Crippen LogP contribution >= 0.6 is 11.3 Å². The van der Waals surface area contributed by atoms with Gasteiger partial charge in [0.25, 0.3) is 0 Å². The molecule has 2 atom stereocenters. The minimum absolute atomic E-state index is 0.0554. The molecule has 0 bridgehead atoms. The largest absolute Gasteiger partial charge is 0.348 e. The first kappa shape index (κ1) is 21.5. The average Bonchev–Trinajstić information content (AvgIpc) is 3.24. The maximum Gasteiger partial charge on any atom is 0.222 e. The number of nitrogens with zero attached hydrogens (tertiary/aromatic N) is 2. The van der Waals surface area contributed by atoms with E-state index in [0.717, 1.165) is 43.2 Å². The molecule has 156 valence electrons. The number of amides is 2. The second kappa shape index (κ2) is 10.5. The van der Waals surface area contributed by atoms with Crippen LogP contribution in [0.1, 0.15) is 35.9 Å². The molecule has 2 aromatic rings. The molecule has 0 aliphatic carbocycles. The lowest BCUT2D eigenvalue weighted by atomic mass is 10.0. The number of hydrogen-bond acceptors (Lipinski definition) is 5. The maximum atomic E-state index is 12.9. The topological polar surface area (TPSA) is 64.7 Å². The fraction of sp³-hybridized carbons (Fsp3) is 0.455. The van der Waals surface area contributed by atoms with Gasteiger partial charge in [-0.1, -0.05) is 36.4 Å². The Morgan fingerprint density at radius 3 is 2.34 bits per heavy atom. The Morgan fingerprint density at radius 1 is 1.00 bits per heavy atom. The van der Waals surface area contributed by atoms with Crippen LogP contribution in [0.4, 0.5) is 0 Å². The summed E-state index contributed by atoms with van der Waals surface area (Å²) >= 11 is 1.55. The normalized spacial score (nSPS) is 17.4. The molecule has 7 heteroatoms. The molecule has 2 unspecified atom stereocenters. The lowest BCUT2D eigenvalue weighted by Gasteiger charge is -2.35. The quantitative estimate of drug-likeness (QED) is 0.696. The van der Waals surface area contributed by atoms with Crippen LogP contribution in [-0.2, 0) is 9.59 Å². The number of hydrogen-bond donors (Lipinski definition) is 2. The molecule has 0 saturated carbocycles. The van der Waals surface area contributed by atoms with Gasteiger partial charge in [0.05, 0.1) is 18.5 Å². The monoisotopic (exact) mass is 414 g/mol. The second-order valence-electron chi connectivity index (χ2n) is 7.61. The highest BCUT2D eigenvalue weighted by molar-refractivity contribution is 7.10. The van der Waals surface area contributed by atoms with Gasteiger partial charge in [-0.2, -0.15) is 0 Å². The molecule has 1 aromatic heterocycles. The predicted octanol–water partition coefficient (Wildman–Crippen LogP) is 2.42. The number of likely N-dealkylation sites (N-methyl/N-ethyl adjacent to an activating group) is 1. The summed E-state index contributed by atoms with van der Waals surface area (Å²) in [7, 11) is 2.14. The number of thiophene rings is 1. The highest BCUT2D eigenvalue weighted by Gasteiger charge is 2.23. The first-order valence-corrected chi connectivity index (χ1v) is 10.9. The van der Waals surface area contributed by atoms with Gasteiger partial charge in [0.15, 0.2) is 0 Å². The lowest BCUT2D eigenvalue weighted by molar-refractivity contribution is -0.123. The summed E-state index contributed by atoms with van der Waals surface area (Å²) in [5.41, 5.74) is 1.10. The minimum Gasteiger partial charge on any atom is -0.348 e. The third-order valence-corrected chi connectivity index (χ3v) is 6.21. The predicted molar refractivity (Wildman–Crippen MR) is 117 cm³/mol. The van der Waals surface area contributed by atoms with Crippen LogP contribution in [0.2, 0.25) is 0 Å². The molecule has 29 heavy (non-hydrogen) atoms. The number of rotatable bonds is 8. The number of benzene rings is 1. The van der Waals surface area contributed by atoms with E-state index < -0.39 is 0 Å². The molecular weight excluding hydrogens is 384 g/mol. The van der Waals surface area contributed by atoms with Crippen molar-refractivity contribution < 1.29 is 9.59 Å². The zero-order chi connectivity index (χ0) is 20.6. The summed E-state index contributed by atoms with van der Waals surface area (Å²) in [6.07, 6.45) is 0.228. The Kier molecular flexibility index (Phi) is 7.80. The van der Waals surface area contributed by atoms with Crippen LogP contribution in [0, 0.1) is 0 Å². The summed E-state index contributed by atoms with van der Waals surface area (Å²) in [4.78, 5) is 30.3. The molecule has 1 aliphatic heterocycles. The second-order valence-corrected chi connectivity index (χ2v) is 8.59. The van der Waals surface area contributed by atoms with E-state index in [4.69, 9.17) is 0 Å². The van der Waals surface area contributed by atoms with Crippen molar-refractivity contribution in [1.29, 1.82) is 0 Å². The fourth-order valence-electron chi connectivity index (χ4n) is 3.60. The van der Waals surface area contributed by atoms with Gasteiger partial charge < -0.3 is 15.5 Å². The molecule has 1 fully saturated rings. The van der Waals surface area contributed by atoms with Gasteiger partial charge in [0.2, 0.25) is 11.8 Å². The Balaban J connectivity index is 1.67. The lowest BCUT2D eigenvalue weighted by Crippen LogP contribution is -2.48. The van der Waals surface area contributed by atoms with Gasteiger partial charge in [-0.05, 0) is 24.1 Å². The summed E-state index contributed by atoms with van der Waals surface area (Å²) < 4.78 is 0. The summed E-state index contributed by atoms with van der Waals surface area (Å²) in [6.45, 7) is 6.35. The number of carbonyl (C=O) groups is 2. The van der Waals surface area contributed by atoms with E-state index in [1.165, 1.54) is 6.92 Å². The van der Waals surface area contributed by atoms with Crippen LogP contribution in [0.3, 0.4) is 0 Å². The minimum atomic E-state index is -0.299. The highest BCUT2D eigenvalue weighted by atomic mass is 32.1.